The van der Waals surface area contributed by atoms with Gasteiger partial charge in [0.05, 0.1) is 7.11 Å². The van der Waals surface area contributed by atoms with Crippen LogP contribution in [0.4, 0.5) is 5.82 Å². The summed E-state index contributed by atoms with van der Waals surface area (Å²) in [6.45, 7) is 2.94. The summed E-state index contributed by atoms with van der Waals surface area (Å²) in [5.74, 6) is 1.36. The van der Waals surface area contributed by atoms with E-state index >= 15 is 0 Å². The van der Waals surface area contributed by atoms with Gasteiger partial charge in [-0.05, 0) is 18.6 Å². The van der Waals surface area contributed by atoms with Crippen molar-refractivity contribution < 1.29 is 4.74 Å². The highest BCUT2D eigenvalue weighted by Crippen LogP contribution is 2.33. The number of benzene rings is 1. The van der Waals surface area contributed by atoms with E-state index < -0.39 is 0 Å². The average Bonchev–Trinajstić information content (AvgIpc) is 2.45. The van der Waals surface area contributed by atoms with E-state index in [0.717, 1.165) is 24.2 Å². The second-order valence-corrected chi connectivity index (χ2v) is 4.47. The lowest BCUT2D eigenvalue weighted by molar-refractivity contribution is 0.414. The van der Waals surface area contributed by atoms with Crippen LogP contribution in [-0.2, 0) is 0 Å². The van der Waals surface area contributed by atoms with Gasteiger partial charge in [-0.3, -0.25) is 0 Å². The number of aromatic nitrogens is 2. The van der Waals surface area contributed by atoms with Crippen molar-refractivity contribution in [2.75, 3.05) is 19.0 Å². The van der Waals surface area contributed by atoms with E-state index in [-0.39, 0.29) is 0 Å². The second kappa shape index (κ2) is 6.38. The van der Waals surface area contributed by atoms with Crippen LogP contribution in [0.15, 0.2) is 30.6 Å². The number of hydrogen-bond donors (Lipinski definition) is 1. The zero-order valence-corrected chi connectivity index (χ0v) is 11.7. The molecule has 0 atom stereocenters. The first kappa shape index (κ1) is 13.6. The Kier molecular flexibility index (Phi) is 4.58. The van der Waals surface area contributed by atoms with Gasteiger partial charge < -0.3 is 10.1 Å². The van der Waals surface area contributed by atoms with Gasteiger partial charge in [0, 0.05) is 17.1 Å². The Labute approximate surface area is 117 Å². The molecule has 0 aliphatic rings. The van der Waals surface area contributed by atoms with Gasteiger partial charge in [0.2, 0.25) is 0 Å². The quantitative estimate of drug-likeness (QED) is 0.907. The number of nitrogens with one attached hydrogen (secondary N) is 1. The summed E-state index contributed by atoms with van der Waals surface area (Å²) < 4.78 is 5.44. The van der Waals surface area contributed by atoms with Crippen LogP contribution in [0.1, 0.15) is 13.3 Å². The molecular weight excluding hydrogens is 262 g/mol. The standard InChI is InChI=1S/C14H16ClN3O/c1-3-8-16-14-13(19-2)12(17-9-18-14)10-4-6-11(15)7-5-10/h4-7,9H,3,8H2,1-2H3,(H,16,17,18). The lowest BCUT2D eigenvalue weighted by Gasteiger charge is -2.12. The molecule has 0 unspecified atom stereocenters. The number of rotatable bonds is 5. The van der Waals surface area contributed by atoms with E-state index in [2.05, 4.69) is 22.2 Å². The van der Waals surface area contributed by atoms with Crippen LogP contribution in [0.3, 0.4) is 0 Å². The first-order valence-corrected chi connectivity index (χ1v) is 6.52. The molecule has 1 aromatic heterocycles. The zero-order chi connectivity index (χ0) is 13.7. The van der Waals surface area contributed by atoms with Crippen molar-refractivity contribution >= 4 is 17.4 Å². The average molecular weight is 278 g/mol. The van der Waals surface area contributed by atoms with Gasteiger partial charge in [0.15, 0.2) is 11.6 Å². The van der Waals surface area contributed by atoms with Crippen molar-refractivity contribution in [2.45, 2.75) is 13.3 Å². The lowest BCUT2D eigenvalue weighted by Crippen LogP contribution is -2.05. The molecule has 0 saturated heterocycles. The van der Waals surface area contributed by atoms with Gasteiger partial charge in [-0.25, -0.2) is 9.97 Å². The molecule has 2 rings (SSSR count). The molecule has 0 aliphatic heterocycles. The predicted octanol–water partition coefficient (Wildman–Crippen LogP) is 3.63. The van der Waals surface area contributed by atoms with Crippen molar-refractivity contribution in [2.24, 2.45) is 0 Å². The van der Waals surface area contributed by atoms with Crippen molar-refractivity contribution in [1.82, 2.24) is 9.97 Å². The van der Waals surface area contributed by atoms with Crippen molar-refractivity contribution in [3.8, 4) is 17.0 Å². The van der Waals surface area contributed by atoms with Crippen molar-refractivity contribution in [3.05, 3.63) is 35.6 Å². The van der Waals surface area contributed by atoms with E-state index in [1.54, 1.807) is 7.11 Å². The molecule has 5 heteroatoms. The zero-order valence-electron chi connectivity index (χ0n) is 11.0. The Morgan fingerprint density at radius 3 is 2.58 bits per heavy atom. The minimum atomic E-state index is 0.651. The Morgan fingerprint density at radius 2 is 1.95 bits per heavy atom. The van der Waals surface area contributed by atoms with E-state index in [1.807, 2.05) is 24.3 Å². The first-order valence-electron chi connectivity index (χ1n) is 6.15. The smallest absolute Gasteiger partial charge is 0.187 e. The van der Waals surface area contributed by atoms with Gasteiger partial charge in [0.25, 0.3) is 0 Å². The topological polar surface area (TPSA) is 47.0 Å². The minimum Gasteiger partial charge on any atom is -0.491 e. The highest BCUT2D eigenvalue weighted by atomic mass is 35.5. The Hall–Kier alpha value is -1.81. The third-order valence-corrected chi connectivity index (χ3v) is 2.92. The van der Waals surface area contributed by atoms with Gasteiger partial charge in [0.1, 0.15) is 12.0 Å². The molecule has 2 aromatic rings. The van der Waals surface area contributed by atoms with E-state index in [1.165, 1.54) is 6.33 Å². The molecule has 0 amide bonds. The van der Waals surface area contributed by atoms with E-state index in [4.69, 9.17) is 16.3 Å². The molecule has 0 bridgehead atoms. The summed E-state index contributed by atoms with van der Waals surface area (Å²) in [5.41, 5.74) is 1.70. The Morgan fingerprint density at radius 1 is 1.21 bits per heavy atom. The summed E-state index contributed by atoms with van der Waals surface area (Å²) in [6.07, 6.45) is 2.55. The summed E-state index contributed by atoms with van der Waals surface area (Å²) in [6, 6.07) is 7.49. The van der Waals surface area contributed by atoms with Crippen LogP contribution in [0, 0.1) is 0 Å². The minimum absolute atomic E-state index is 0.651. The summed E-state index contributed by atoms with van der Waals surface area (Å²) >= 11 is 5.90. The van der Waals surface area contributed by atoms with Gasteiger partial charge >= 0.3 is 0 Å². The number of hydrogen-bond acceptors (Lipinski definition) is 4. The SMILES string of the molecule is CCCNc1ncnc(-c2ccc(Cl)cc2)c1OC. The molecule has 0 saturated carbocycles. The Balaban J connectivity index is 2.42. The highest BCUT2D eigenvalue weighted by Gasteiger charge is 2.13. The molecule has 1 aromatic carbocycles. The van der Waals surface area contributed by atoms with Crippen LogP contribution in [0.25, 0.3) is 11.3 Å². The summed E-state index contributed by atoms with van der Waals surface area (Å²) in [4.78, 5) is 8.52. The van der Waals surface area contributed by atoms with Crippen LogP contribution in [-0.4, -0.2) is 23.6 Å². The number of methoxy groups -OCH3 is 1. The number of ether oxygens (including phenoxy) is 1. The maximum absolute atomic E-state index is 5.90. The molecule has 0 radical (unpaired) electrons. The molecule has 4 nitrogen and oxygen atoms in total. The fourth-order valence-corrected chi connectivity index (χ4v) is 1.88. The van der Waals surface area contributed by atoms with Gasteiger partial charge in [-0.1, -0.05) is 30.7 Å². The van der Waals surface area contributed by atoms with Crippen molar-refractivity contribution in [3.63, 3.8) is 0 Å². The third-order valence-electron chi connectivity index (χ3n) is 2.67. The molecule has 0 spiro atoms. The van der Waals surface area contributed by atoms with Gasteiger partial charge in [-0.2, -0.15) is 0 Å². The number of anilines is 1. The largest absolute Gasteiger partial charge is 0.491 e. The molecule has 1 heterocycles. The maximum atomic E-state index is 5.90. The molecule has 1 N–H and O–H groups in total. The molecule has 0 aliphatic carbocycles. The molecule has 19 heavy (non-hydrogen) atoms. The summed E-state index contributed by atoms with van der Waals surface area (Å²) in [7, 11) is 1.62. The molecular formula is C14H16ClN3O. The monoisotopic (exact) mass is 277 g/mol. The third kappa shape index (κ3) is 3.15. The number of halogens is 1. The fraction of sp³-hybridized carbons (Fsp3) is 0.286. The Bertz CT molecular complexity index is 543. The van der Waals surface area contributed by atoms with Crippen LogP contribution in [0.5, 0.6) is 5.75 Å². The lowest BCUT2D eigenvalue weighted by atomic mass is 10.1. The highest BCUT2D eigenvalue weighted by molar-refractivity contribution is 6.30. The fourth-order valence-electron chi connectivity index (χ4n) is 1.75. The van der Waals surface area contributed by atoms with E-state index in [9.17, 15) is 0 Å². The van der Waals surface area contributed by atoms with Crippen LogP contribution < -0.4 is 10.1 Å². The van der Waals surface area contributed by atoms with Crippen molar-refractivity contribution in [1.29, 1.82) is 0 Å². The van der Waals surface area contributed by atoms with Gasteiger partial charge in [-0.15, -0.1) is 0 Å². The predicted molar refractivity (Wildman–Crippen MR) is 77.8 cm³/mol. The van der Waals surface area contributed by atoms with E-state index in [0.29, 0.717) is 16.6 Å². The maximum Gasteiger partial charge on any atom is 0.187 e. The first-order chi connectivity index (χ1) is 9.26. The second-order valence-electron chi connectivity index (χ2n) is 4.04. The van der Waals surface area contributed by atoms with Crippen LogP contribution >= 0.6 is 11.6 Å². The number of nitrogens with zero attached hydrogens (tertiary/aromatic N) is 2. The molecule has 100 valence electrons. The molecule has 0 fully saturated rings. The summed E-state index contributed by atoms with van der Waals surface area (Å²) in [5, 5.41) is 3.93. The normalized spacial score (nSPS) is 10.3. The van der Waals surface area contributed by atoms with Crippen LogP contribution in [0.2, 0.25) is 5.02 Å².